The third-order valence-electron chi connectivity index (χ3n) is 2.44. The van der Waals surface area contributed by atoms with E-state index in [0.29, 0.717) is 24.9 Å². The highest BCUT2D eigenvalue weighted by atomic mass is 32.1. The van der Waals surface area contributed by atoms with Gasteiger partial charge in [-0.3, -0.25) is 19.9 Å². The van der Waals surface area contributed by atoms with E-state index in [1.165, 1.54) is 11.1 Å². The van der Waals surface area contributed by atoms with Gasteiger partial charge in [-0.15, -0.1) is 0 Å². The summed E-state index contributed by atoms with van der Waals surface area (Å²) in [5, 5.41) is 10.9. The molecule has 0 bridgehead atoms. The Bertz CT molecular complexity index is 475. The number of rotatable bonds is 4. The third-order valence-corrected chi connectivity index (χ3v) is 3.41. The molecule has 0 N–H and O–H groups in total. The van der Waals surface area contributed by atoms with Crippen molar-refractivity contribution in [2.45, 2.75) is 0 Å². The molecule has 0 radical (unpaired) electrons. The van der Waals surface area contributed by atoms with Crippen LogP contribution in [0.2, 0.25) is 0 Å². The highest BCUT2D eigenvalue weighted by Gasteiger charge is 2.32. The molecule has 1 aromatic heterocycles. The summed E-state index contributed by atoms with van der Waals surface area (Å²) in [6, 6.07) is -0.159. The van der Waals surface area contributed by atoms with Crippen molar-refractivity contribution in [1.82, 2.24) is 14.8 Å². The predicted octanol–water partition coefficient (Wildman–Crippen LogP) is 0.812. The number of hydrogen-bond donors (Lipinski definition) is 0. The topological polar surface area (TPSA) is 82.8 Å². The van der Waals surface area contributed by atoms with Gasteiger partial charge in [0.15, 0.2) is 5.13 Å². The van der Waals surface area contributed by atoms with E-state index in [9.17, 15) is 14.9 Å². The van der Waals surface area contributed by atoms with Crippen LogP contribution in [0.3, 0.4) is 0 Å². The smallest absolute Gasteiger partial charge is 0.310 e. The summed E-state index contributed by atoms with van der Waals surface area (Å²) in [4.78, 5) is 31.1. The predicted molar refractivity (Wildman–Crippen MR) is 66.8 cm³/mol. The molecule has 0 atom stereocenters. The second kappa shape index (κ2) is 4.86. The second-order valence-electron chi connectivity index (χ2n) is 4.16. The summed E-state index contributed by atoms with van der Waals surface area (Å²) in [6.07, 6.45) is 1.18. The van der Waals surface area contributed by atoms with E-state index in [1.807, 2.05) is 19.0 Å². The van der Waals surface area contributed by atoms with Gasteiger partial charge < -0.3 is 4.90 Å². The molecule has 18 heavy (non-hydrogen) atoms. The third kappa shape index (κ3) is 2.41. The number of aromatic nitrogens is 1. The summed E-state index contributed by atoms with van der Waals surface area (Å²) in [6.45, 7) is 1.64. The number of urea groups is 1. The van der Waals surface area contributed by atoms with E-state index in [1.54, 1.807) is 4.90 Å². The summed E-state index contributed by atoms with van der Waals surface area (Å²) in [5.41, 5.74) is 0. The second-order valence-corrected chi connectivity index (χ2v) is 5.14. The lowest BCUT2D eigenvalue weighted by molar-refractivity contribution is -0.380. The average molecular weight is 271 g/mol. The molecule has 0 unspecified atom stereocenters. The fourth-order valence-electron chi connectivity index (χ4n) is 1.70. The largest absolute Gasteiger partial charge is 0.345 e. The number of nitrogens with zero attached hydrogens (tertiary/aromatic N) is 5. The van der Waals surface area contributed by atoms with Crippen LogP contribution in [-0.2, 0) is 0 Å². The number of hydrogen-bond acceptors (Lipinski definition) is 6. The van der Waals surface area contributed by atoms with E-state index in [0.717, 1.165) is 11.3 Å². The summed E-state index contributed by atoms with van der Waals surface area (Å²) in [5.74, 6) is 0. The van der Waals surface area contributed by atoms with E-state index >= 15 is 0 Å². The molecule has 0 spiro atoms. The lowest BCUT2D eigenvalue weighted by Crippen LogP contribution is -2.37. The Balaban J connectivity index is 2.10. The van der Waals surface area contributed by atoms with Gasteiger partial charge in [0.05, 0.1) is 11.6 Å². The summed E-state index contributed by atoms with van der Waals surface area (Å²) >= 11 is 0.918. The van der Waals surface area contributed by atoms with Gasteiger partial charge in [0.2, 0.25) is 0 Å². The lowest BCUT2D eigenvalue weighted by atomic mass is 10.6. The van der Waals surface area contributed by atoms with Crippen LogP contribution in [0.1, 0.15) is 0 Å². The number of carbonyl (C=O) groups is 1. The highest BCUT2D eigenvalue weighted by molar-refractivity contribution is 7.18. The first kappa shape index (κ1) is 12.7. The molecule has 0 saturated carbocycles. The zero-order valence-corrected chi connectivity index (χ0v) is 10.9. The van der Waals surface area contributed by atoms with Gasteiger partial charge in [0.25, 0.3) is 0 Å². The van der Waals surface area contributed by atoms with Crippen LogP contribution >= 0.6 is 11.3 Å². The number of nitro groups is 1. The standard InChI is InChI=1S/C9H13N5O3S/c1-11(2)6-12-3-4-13(9(12)15)8-10-5-7(18-8)14(16)17/h5H,3-4,6H2,1-2H3. The van der Waals surface area contributed by atoms with Crippen molar-refractivity contribution in [3.63, 3.8) is 0 Å². The van der Waals surface area contributed by atoms with Crippen molar-refractivity contribution in [1.29, 1.82) is 0 Å². The Hall–Kier alpha value is -1.74. The molecule has 2 amide bonds. The number of amides is 2. The Morgan fingerprint density at radius 3 is 2.83 bits per heavy atom. The van der Waals surface area contributed by atoms with Crippen molar-refractivity contribution in [3.8, 4) is 0 Å². The van der Waals surface area contributed by atoms with Crippen molar-refractivity contribution in [2.75, 3.05) is 38.8 Å². The van der Waals surface area contributed by atoms with Crippen molar-refractivity contribution < 1.29 is 9.72 Å². The van der Waals surface area contributed by atoms with Crippen molar-refractivity contribution in [3.05, 3.63) is 16.3 Å². The maximum Gasteiger partial charge on any atom is 0.345 e. The van der Waals surface area contributed by atoms with Crippen LogP contribution in [0.25, 0.3) is 0 Å². The molecule has 1 fully saturated rings. The Labute approximate surface area is 108 Å². The van der Waals surface area contributed by atoms with Crippen LogP contribution in [0, 0.1) is 10.1 Å². The Morgan fingerprint density at radius 1 is 1.56 bits per heavy atom. The quantitative estimate of drug-likeness (QED) is 0.598. The number of carbonyl (C=O) groups excluding carboxylic acids is 1. The van der Waals surface area contributed by atoms with E-state index in [2.05, 4.69) is 4.98 Å². The highest BCUT2D eigenvalue weighted by Crippen LogP contribution is 2.30. The molecule has 1 aromatic rings. The first-order chi connectivity index (χ1) is 8.49. The number of anilines is 1. The van der Waals surface area contributed by atoms with Crippen LogP contribution < -0.4 is 4.90 Å². The molecular formula is C9H13N5O3S. The van der Waals surface area contributed by atoms with Gasteiger partial charge in [-0.2, -0.15) is 0 Å². The fourth-order valence-corrected chi connectivity index (χ4v) is 2.45. The maximum atomic E-state index is 12.0. The van der Waals surface area contributed by atoms with Crippen LogP contribution in [0.15, 0.2) is 6.20 Å². The number of thiazole rings is 1. The van der Waals surface area contributed by atoms with Gasteiger partial charge in [0, 0.05) is 13.1 Å². The molecule has 9 heteroatoms. The van der Waals surface area contributed by atoms with Crippen LogP contribution in [0.5, 0.6) is 0 Å². The first-order valence-corrected chi connectivity index (χ1v) is 6.12. The molecule has 0 aromatic carbocycles. The monoisotopic (exact) mass is 271 g/mol. The minimum absolute atomic E-state index is 0.0520. The van der Waals surface area contributed by atoms with E-state index in [4.69, 9.17) is 0 Å². The van der Waals surface area contributed by atoms with Gasteiger partial charge in [-0.25, -0.2) is 9.78 Å². The minimum atomic E-state index is -0.501. The van der Waals surface area contributed by atoms with Crippen molar-refractivity contribution >= 4 is 27.5 Å². The zero-order valence-electron chi connectivity index (χ0n) is 10.1. The van der Waals surface area contributed by atoms with Crippen molar-refractivity contribution in [2.24, 2.45) is 0 Å². The lowest BCUT2D eigenvalue weighted by Gasteiger charge is -2.20. The van der Waals surface area contributed by atoms with Gasteiger partial charge in [-0.05, 0) is 25.4 Å². The molecule has 98 valence electrons. The SMILES string of the molecule is CN(C)CN1CCN(c2ncc([N+](=O)[O-])s2)C1=O. The average Bonchev–Trinajstić information content (AvgIpc) is 2.86. The molecule has 8 nitrogen and oxygen atoms in total. The van der Waals surface area contributed by atoms with Crippen LogP contribution in [-0.4, -0.2) is 59.6 Å². The molecular weight excluding hydrogens is 258 g/mol. The van der Waals surface area contributed by atoms with Gasteiger partial charge >= 0.3 is 11.0 Å². The maximum absolute atomic E-state index is 12.0. The van der Waals surface area contributed by atoms with Gasteiger partial charge in [0.1, 0.15) is 6.20 Å². The fraction of sp³-hybridized carbons (Fsp3) is 0.556. The van der Waals surface area contributed by atoms with Crippen LogP contribution in [0.4, 0.5) is 14.9 Å². The Morgan fingerprint density at radius 2 is 2.28 bits per heavy atom. The Kier molecular flexibility index (Phi) is 3.43. The molecule has 1 aliphatic heterocycles. The zero-order chi connectivity index (χ0) is 13.3. The summed E-state index contributed by atoms with van der Waals surface area (Å²) in [7, 11) is 3.76. The normalized spacial score (nSPS) is 15.8. The van der Waals surface area contributed by atoms with E-state index < -0.39 is 4.92 Å². The molecule has 1 saturated heterocycles. The van der Waals surface area contributed by atoms with Gasteiger partial charge in [-0.1, -0.05) is 0 Å². The van der Waals surface area contributed by atoms with E-state index in [-0.39, 0.29) is 11.0 Å². The molecule has 2 heterocycles. The minimum Gasteiger partial charge on any atom is -0.310 e. The molecule has 0 aliphatic carbocycles. The molecule has 1 aliphatic rings. The summed E-state index contributed by atoms with van der Waals surface area (Å²) < 4.78 is 0. The molecule has 2 rings (SSSR count). The first-order valence-electron chi connectivity index (χ1n) is 5.30.